The van der Waals surface area contributed by atoms with Gasteiger partial charge in [-0.3, -0.25) is 15.0 Å². The summed E-state index contributed by atoms with van der Waals surface area (Å²) in [4.78, 5) is 24.8. The number of hydrogen-bond donors (Lipinski definition) is 4. The van der Waals surface area contributed by atoms with Gasteiger partial charge in [0.25, 0.3) is 0 Å². The normalized spacial score (nSPS) is 15.0. The van der Waals surface area contributed by atoms with Crippen molar-refractivity contribution in [3.05, 3.63) is 29.8 Å². The summed E-state index contributed by atoms with van der Waals surface area (Å²) in [6.45, 7) is 2.17. The van der Waals surface area contributed by atoms with E-state index in [0.717, 1.165) is 31.6 Å². The second kappa shape index (κ2) is 9.05. The van der Waals surface area contributed by atoms with E-state index in [4.69, 9.17) is 16.2 Å². The molecule has 7 nitrogen and oxygen atoms in total. The second-order valence-corrected chi connectivity index (χ2v) is 6.36. The fraction of sp³-hybridized carbons (Fsp3) is 0.500. The molecule has 7 heteroatoms. The van der Waals surface area contributed by atoms with E-state index in [9.17, 15) is 9.59 Å². The van der Waals surface area contributed by atoms with Crippen molar-refractivity contribution in [2.45, 2.75) is 32.1 Å². The fourth-order valence-corrected chi connectivity index (χ4v) is 3.01. The number of amides is 1. The van der Waals surface area contributed by atoms with Crippen LogP contribution >= 0.6 is 0 Å². The lowest BCUT2D eigenvalue weighted by Crippen LogP contribution is -2.40. The van der Waals surface area contributed by atoms with Gasteiger partial charge in [0, 0.05) is 43.2 Å². The first-order chi connectivity index (χ1) is 12.0. The summed E-state index contributed by atoms with van der Waals surface area (Å²) in [7, 11) is 0. The smallest absolute Gasteiger partial charge is 0.303 e. The molecule has 0 spiro atoms. The first-order valence-corrected chi connectivity index (χ1v) is 8.66. The number of unbranched alkanes of at least 4 members (excludes halogenated alkanes) is 1. The van der Waals surface area contributed by atoms with Crippen molar-refractivity contribution in [1.29, 1.82) is 5.41 Å². The van der Waals surface area contributed by atoms with E-state index in [1.54, 1.807) is 0 Å². The van der Waals surface area contributed by atoms with E-state index in [1.807, 2.05) is 24.3 Å². The summed E-state index contributed by atoms with van der Waals surface area (Å²) in [6, 6.07) is 7.60. The van der Waals surface area contributed by atoms with Crippen LogP contribution in [0.5, 0.6) is 0 Å². The van der Waals surface area contributed by atoms with Crippen molar-refractivity contribution in [1.82, 2.24) is 5.32 Å². The third kappa shape index (κ3) is 5.77. The van der Waals surface area contributed by atoms with Gasteiger partial charge in [-0.1, -0.05) is 0 Å². The lowest BCUT2D eigenvalue weighted by molar-refractivity contribution is -0.137. The van der Waals surface area contributed by atoms with Gasteiger partial charge in [-0.2, -0.15) is 0 Å². The zero-order chi connectivity index (χ0) is 18.2. The Labute approximate surface area is 147 Å². The summed E-state index contributed by atoms with van der Waals surface area (Å²) < 4.78 is 0. The average Bonchev–Trinajstić information content (AvgIpc) is 2.61. The number of nitrogens with one attached hydrogen (secondary N) is 2. The van der Waals surface area contributed by atoms with Crippen molar-refractivity contribution in [2.75, 3.05) is 24.5 Å². The van der Waals surface area contributed by atoms with Crippen molar-refractivity contribution < 1.29 is 14.7 Å². The summed E-state index contributed by atoms with van der Waals surface area (Å²) in [5.41, 5.74) is 7.25. The highest BCUT2D eigenvalue weighted by molar-refractivity contribution is 5.95. The molecule has 1 amide bonds. The van der Waals surface area contributed by atoms with Gasteiger partial charge in [-0.25, -0.2) is 0 Å². The molecule has 1 aliphatic heterocycles. The molecule has 1 aromatic rings. The lowest BCUT2D eigenvalue weighted by Gasteiger charge is -2.33. The molecule has 1 heterocycles. The Kier molecular flexibility index (Phi) is 6.80. The maximum Gasteiger partial charge on any atom is 0.303 e. The van der Waals surface area contributed by atoms with Crippen LogP contribution < -0.4 is 16.0 Å². The number of nitrogen functional groups attached to an aromatic ring is 1. The van der Waals surface area contributed by atoms with Crippen LogP contribution in [0, 0.1) is 11.3 Å². The zero-order valence-corrected chi connectivity index (χ0v) is 14.3. The van der Waals surface area contributed by atoms with E-state index >= 15 is 0 Å². The Bertz CT molecular complexity index is 607. The molecule has 25 heavy (non-hydrogen) atoms. The fourth-order valence-electron chi connectivity index (χ4n) is 3.01. The molecular formula is C18H26N4O3. The SMILES string of the molecule is N=C(N)c1ccc(N2CCC(C(=O)NCCCCC(=O)O)CC2)cc1. The van der Waals surface area contributed by atoms with Gasteiger partial charge in [0.15, 0.2) is 0 Å². The van der Waals surface area contributed by atoms with Gasteiger partial charge in [0.05, 0.1) is 0 Å². The monoisotopic (exact) mass is 346 g/mol. The average molecular weight is 346 g/mol. The van der Waals surface area contributed by atoms with Gasteiger partial charge < -0.3 is 21.1 Å². The number of carboxylic acid groups (broad SMARTS) is 1. The molecule has 0 atom stereocenters. The molecule has 136 valence electrons. The molecule has 0 aromatic heterocycles. The molecule has 2 rings (SSSR count). The first-order valence-electron chi connectivity index (χ1n) is 8.66. The second-order valence-electron chi connectivity index (χ2n) is 6.36. The number of anilines is 1. The van der Waals surface area contributed by atoms with Crippen LogP contribution in [0.4, 0.5) is 5.69 Å². The predicted molar refractivity (Wildman–Crippen MR) is 96.9 cm³/mol. The standard InChI is InChI=1S/C18H26N4O3/c19-17(20)13-4-6-15(7-5-13)22-11-8-14(9-12-22)18(25)21-10-2-1-3-16(23)24/h4-7,14H,1-3,8-12H2,(H3,19,20)(H,21,25)(H,23,24). The van der Waals surface area contributed by atoms with E-state index in [2.05, 4.69) is 10.2 Å². The summed E-state index contributed by atoms with van der Waals surface area (Å²) >= 11 is 0. The Hall–Kier alpha value is -2.57. The maximum atomic E-state index is 12.2. The van der Waals surface area contributed by atoms with E-state index in [-0.39, 0.29) is 24.1 Å². The molecular weight excluding hydrogens is 320 g/mol. The Balaban J connectivity index is 1.72. The van der Waals surface area contributed by atoms with Crippen molar-refractivity contribution >= 4 is 23.4 Å². The quantitative estimate of drug-likeness (QED) is 0.323. The van der Waals surface area contributed by atoms with Crippen LogP contribution in [0.3, 0.4) is 0 Å². The largest absolute Gasteiger partial charge is 0.481 e. The number of aliphatic carboxylic acids is 1. The van der Waals surface area contributed by atoms with Gasteiger partial charge in [-0.05, 0) is 49.9 Å². The molecule has 5 N–H and O–H groups in total. The first kappa shape index (κ1) is 18.8. The molecule has 1 fully saturated rings. The van der Waals surface area contributed by atoms with Gasteiger partial charge in [0.1, 0.15) is 5.84 Å². The van der Waals surface area contributed by atoms with Crippen molar-refractivity contribution in [3.8, 4) is 0 Å². The minimum absolute atomic E-state index is 0.0206. The lowest BCUT2D eigenvalue weighted by atomic mass is 9.95. The number of carbonyl (C=O) groups is 2. The van der Waals surface area contributed by atoms with E-state index in [0.29, 0.717) is 24.9 Å². The summed E-state index contributed by atoms with van der Waals surface area (Å²) in [5, 5.41) is 18.9. The van der Waals surface area contributed by atoms with E-state index < -0.39 is 5.97 Å². The molecule has 0 saturated carbocycles. The number of nitrogens with two attached hydrogens (primary N) is 1. The van der Waals surface area contributed by atoms with Crippen LogP contribution in [-0.2, 0) is 9.59 Å². The molecule has 0 aliphatic carbocycles. The van der Waals surface area contributed by atoms with Crippen LogP contribution in [0.2, 0.25) is 0 Å². The summed E-state index contributed by atoms with van der Waals surface area (Å²) in [5.74, 6) is -0.644. The van der Waals surface area contributed by atoms with Crippen LogP contribution in [0.25, 0.3) is 0 Å². The van der Waals surface area contributed by atoms with Crippen LogP contribution in [-0.4, -0.2) is 42.5 Å². The molecule has 1 aliphatic rings. The third-order valence-electron chi connectivity index (χ3n) is 4.53. The topological polar surface area (TPSA) is 120 Å². The summed E-state index contributed by atoms with van der Waals surface area (Å²) in [6.07, 6.45) is 3.03. The number of carboxylic acids is 1. The van der Waals surface area contributed by atoms with E-state index in [1.165, 1.54) is 0 Å². The Morgan fingerprint density at radius 1 is 1.20 bits per heavy atom. The molecule has 1 saturated heterocycles. The number of amidine groups is 1. The van der Waals surface area contributed by atoms with Gasteiger partial charge >= 0.3 is 5.97 Å². The molecule has 0 bridgehead atoms. The number of nitrogens with zero attached hydrogens (tertiary/aromatic N) is 1. The highest BCUT2D eigenvalue weighted by Crippen LogP contribution is 2.23. The van der Waals surface area contributed by atoms with Crippen LogP contribution in [0.15, 0.2) is 24.3 Å². The predicted octanol–water partition coefficient (Wildman–Crippen LogP) is 1.56. The maximum absolute atomic E-state index is 12.2. The minimum atomic E-state index is -0.796. The number of carbonyl (C=O) groups excluding carboxylic acids is 1. The number of benzene rings is 1. The Morgan fingerprint density at radius 3 is 2.40 bits per heavy atom. The van der Waals surface area contributed by atoms with Crippen molar-refractivity contribution in [2.24, 2.45) is 11.7 Å². The van der Waals surface area contributed by atoms with Crippen LogP contribution in [0.1, 0.15) is 37.7 Å². The van der Waals surface area contributed by atoms with Gasteiger partial charge in [-0.15, -0.1) is 0 Å². The third-order valence-corrected chi connectivity index (χ3v) is 4.53. The number of hydrogen-bond acceptors (Lipinski definition) is 4. The molecule has 0 unspecified atom stereocenters. The molecule has 1 aromatic carbocycles. The number of rotatable bonds is 8. The number of piperidine rings is 1. The highest BCUT2D eigenvalue weighted by atomic mass is 16.4. The minimum Gasteiger partial charge on any atom is -0.481 e. The Morgan fingerprint density at radius 2 is 1.84 bits per heavy atom. The van der Waals surface area contributed by atoms with Gasteiger partial charge in [0.2, 0.25) is 5.91 Å². The van der Waals surface area contributed by atoms with Crippen molar-refractivity contribution in [3.63, 3.8) is 0 Å². The highest BCUT2D eigenvalue weighted by Gasteiger charge is 2.24. The zero-order valence-electron chi connectivity index (χ0n) is 14.3. The molecule has 0 radical (unpaired) electrons.